The Labute approximate surface area is 86.5 Å². The van der Waals surface area contributed by atoms with Crippen molar-refractivity contribution >= 4 is 0 Å². The second-order valence-corrected chi connectivity index (χ2v) is 4.75. The Hall–Kier alpha value is -0.120. The van der Waals surface area contributed by atoms with Gasteiger partial charge in [-0.25, -0.2) is 0 Å². The average Bonchev–Trinajstić information content (AvgIpc) is 2.66. The van der Waals surface area contributed by atoms with E-state index in [9.17, 15) is 5.11 Å². The highest BCUT2D eigenvalue weighted by Crippen LogP contribution is 2.26. The minimum Gasteiger partial charge on any atom is -0.395 e. The van der Waals surface area contributed by atoms with Crippen molar-refractivity contribution in [1.29, 1.82) is 0 Å². The van der Waals surface area contributed by atoms with E-state index in [1.54, 1.807) is 0 Å². The Balaban J connectivity index is 1.97. The molecule has 2 fully saturated rings. The Morgan fingerprint density at radius 1 is 1.43 bits per heavy atom. The molecule has 0 saturated carbocycles. The number of piperidine rings is 1. The fraction of sp³-hybridized carbons (Fsp3) is 1.00. The maximum absolute atomic E-state index is 9.30. The van der Waals surface area contributed by atoms with Gasteiger partial charge in [0.1, 0.15) is 0 Å². The molecule has 3 atom stereocenters. The summed E-state index contributed by atoms with van der Waals surface area (Å²) >= 11 is 0. The summed E-state index contributed by atoms with van der Waals surface area (Å²) < 4.78 is 0. The van der Waals surface area contributed by atoms with E-state index in [1.807, 2.05) is 0 Å². The average molecular weight is 198 g/mol. The molecule has 0 spiro atoms. The van der Waals surface area contributed by atoms with Gasteiger partial charge in [-0.15, -0.1) is 0 Å². The molecule has 82 valence electrons. The first kappa shape index (κ1) is 10.4. The minimum atomic E-state index is 0.344. The summed E-state index contributed by atoms with van der Waals surface area (Å²) in [6, 6.07) is 1.15. The maximum atomic E-state index is 9.30. The Morgan fingerprint density at radius 2 is 2.29 bits per heavy atom. The number of hydrogen-bond acceptors (Lipinski definition) is 3. The highest BCUT2D eigenvalue weighted by atomic mass is 16.3. The number of nitrogens with one attached hydrogen (secondary N) is 1. The summed E-state index contributed by atoms with van der Waals surface area (Å²) in [6.45, 7) is 6.14. The van der Waals surface area contributed by atoms with Crippen LogP contribution < -0.4 is 5.32 Å². The van der Waals surface area contributed by atoms with Gasteiger partial charge in [-0.3, -0.25) is 4.90 Å². The molecule has 0 aliphatic carbocycles. The molecule has 0 radical (unpaired) electrons. The van der Waals surface area contributed by atoms with Crippen LogP contribution in [-0.2, 0) is 0 Å². The van der Waals surface area contributed by atoms with Gasteiger partial charge in [0.2, 0.25) is 0 Å². The van der Waals surface area contributed by atoms with Gasteiger partial charge in [0.15, 0.2) is 0 Å². The van der Waals surface area contributed by atoms with Gasteiger partial charge in [-0.1, -0.05) is 6.92 Å². The molecule has 3 heteroatoms. The number of likely N-dealkylation sites (tertiary alicyclic amines) is 1. The topological polar surface area (TPSA) is 35.5 Å². The fourth-order valence-electron chi connectivity index (χ4n) is 2.98. The molecule has 0 unspecified atom stereocenters. The number of rotatable bonds is 2. The number of aliphatic hydroxyl groups is 1. The molecule has 2 rings (SSSR count). The standard InChI is InChI=1S/C11H22N2O/c1-9-7-12-5-4-11(9)13-6-2-3-10(13)8-14/h9-12,14H,2-8H2,1H3/t9-,10-,11+/m0/s1. The van der Waals surface area contributed by atoms with Crippen LogP contribution >= 0.6 is 0 Å². The number of aliphatic hydroxyl groups excluding tert-OH is 1. The van der Waals surface area contributed by atoms with E-state index < -0.39 is 0 Å². The molecule has 2 saturated heterocycles. The Morgan fingerprint density at radius 3 is 3.00 bits per heavy atom. The number of nitrogens with zero attached hydrogens (tertiary/aromatic N) is 1. The fourth-order valence-corrected chi connectivity index (χ4v) is 2.98. The Kier molecular flexibility index (Phi) is 3.42. The third kappa shape index (κ3) is 1.95. The summed E-state index contributed by atoms with van der Waals surface area (Å²) in [5.41, 5.74) is 0. The smallest absolute Gasteiger partial charge is 0.0586 e. The largest absolute Gasteiger partial charge is 0.395 e. The van der Waals surface area contributed by atoms with Crippen LogP contribution in [-0.4, -0.2) is 48.3 Å². The van der Waals surface area contributed by atoms with Gasteiger partial charge in [-0.05, 0) is 44.8 Å². The van der Waals surface area contributed by atoms with E-state index in [-0.39, 0.29) is 0 Å². The van der Waals surface area contributed by atoms with Crippen LogP contribution in [0.4, 0.5) is 0 Å². The molecular formula is C11H22N2O. The summed E-state index contributed by atoms with van der Waals surface area (Å²) in [5, 5.41) is 12.7. The van der Waals surface area contributed by atoms with Crippen LogP contribution in [0, 0.1) is 5.92 Å². The molecule has 2 aliphatic rings. The lowest BCUT2D eigenvalue weighted by Gasteiger charge is -2.39. The van der Waals surface area contributed by atoms with Crippen LogP contribution in [0.2, 0.25) is 0 Å². The molecule has 0 amide bonds. The summed E-state index contributed by atoms with van der Waals surface area (Å²) in [6.07, 6.45) is 3.70. The van der Waals surface area contributed by atoms with Gasteiger partial charge in [0.25, 0.3) is 0 Å². The third-order valence-corrected chi connectivity index (χ3v) is 3.80. The molecule has 0 aromatic rings. The Bertz CT molecular complexity index is 186. The zero-order chi connectivity index (χ0) is 9.97. The second kappa shape index (κ2) is 4.60. The van der Waals surface area contributed by atoms with E-state index >= 15 is 0 Å². The van der Waals surface area contributed by atoms with Crippen molar-refractivity contribution in [3.8, 4) is 0 Å². The third-order valence-electron chi connectivity index (χ3n) is 3.80. The predicted molar refractivity (Wildman–Crippen MR) is 57.3 cm³/mol. The van der Waals surface area contributed by atoms with Crippen molar-refractivity contribution in [2.45, 2.75) is 38.3 Å². The van der Waals surface area contributed by atoms with Crippen molar-refractivity contribution in [3.05, 3.63) is 0 Å². The lowest BCUT2D eigenvalue weighted by molar-refractivity contribution is 0.0750. The normalized spacial score (nSPS) is 40.3. The quantitative estimate of drug-likeness (QED) is 0.676. The zero-order valence-electron chi connectivity index (χ0n) is 9.08. The lowest BCUT2D eigenvalue weighted by Crippen LogP contribution is -2.51. The van der Waals surface area contributed by atoms with E-state index in [2.05, 4.69) is 17.1 Å². The van der Waals surface area contributed by atoms with Crippen molar-refractivity contribution in [1.82, 2.24) is 10.2 Å². The predicted octanol–water partition coefficient (Wildman–Crippen LogP) is 0.441. The minimum absolute atomic E-state index is 0.344. The van der Waals surface area contributed by atoms with Crippen LogP contribution in [0.25, 0.3) is 0 Å². The van der Waals surface area contributed by atoms with Crippen LogP contribution in [0.5, 0.6) is 0 Å². The van der Waals surface area contributed by atoms with Crippen LogP contribution in [0.1, 0.15) is 26.2 Å². The SMILES string of the molecule is C[C@H]1CNCC[C@H]1N1CCC[C@H]1CO. The van der Waals surface area contributed by atoms with E-state index in [1.165, 1.54) is 25.8 Å². The van der Waals surface area contributed by atoms with Crippen molar-refractivity contribution < 1.29 is 5.11 Å². The molecule has 2 heterocycles. The molecule has 3 nitrogen and oxygen atoms in total. The molecule has 2 aliphatic heterocycles. The van der Waals surface area contributed by atoms with Crippen molar-refractivity contribution in [3.63, 3.8) is 0 Å². The van der Waals surface area contributed by atoms with Crippen LogP contribution in [0.15, 0.2) is 0 Å². The van der Waals surface area contributed by atoms with E-state index in [0.717, 1.165) is 19.0 Å². The maximum Gasteiger partial charge on any atom is 0.0586 e. The van der Waals surface area contributed by atoms with Gasteiger partial charge in [0.05, 0.1) is 6.61 Å². The molecule has 0 bridgehead atoms. The van der Waals surface area contributed by atoms with Gasteiger partial charge in [-0.2, -0.15) is 0 Å². The second-order valence-electron chi connectivity index (χ2n) is 4.75. The van der Waals surface area contributed by atoms with E-state index in [4.69, 9.17) is 0 Å². The first-order valence-corrected chi connectivity index (χ1v) is 5.90. The van der Waals surface area contributed by atoms with Crippen molar-refractivity contribution in [2.75, 3.05) is 26.2 Å². The monoisotopic (exact) mass is 198 g/mol. The summed E-state index contributed by atoms with van der Waals surface area (Å²) in [7, 11) is 0. The van der Waals surface area contributed by atoms with Gasteiger partial charge in [0, 0.05) is 12.1 Å². The van der Waals surface area contributed by atoms with Gasteiger partial charge >= 0.3 is 0 Å². The first-order valence-electron chi connectivity index (χ1n) is 5.90. The van der Waals surface area contributed by atoms with Gasteiger partial charge < -0.3 is 10.4 Å². The number of hydrogen-bond donors (Lipinski definition) is 2. The summed E-state index contributed by atoms with van der Waals surface area (Å²) in [5.74, 6) is 0.732. The molecule has 14 heavy (non-hydrogen) atoms. The molecule has 0 aromatic carbocycles. The van der Waals surface area contributed by atoms with E-state index in [0.29, 0.717) is 18.7 Å². The molecule has 0 aromatic heterocycles. The highest BCUT2D eigenvalue weighted by Gasteiger charge is 2.34. The van der Waals surface area contributed by atoms with Crippen molar-refractivity contribution in [2.24, 2.45) is 5.92 Å². The lowest BCUT2D eigenvalue weighted by atomic mass is 9.93. The van der Waals surface area contributed by atoms with Crippen LogP contribution in [0.3, 0.4) is 0 Å². The molecular weight excluding hydrogens is 176 g/mol. The first-order chi connectivity index (χ1) is 6.83. The summed E-state index contributed by atoms with van der Waals surface area (Å²) in [4.78, 5) is 2.55. The molecule has 2 N–H and O–H groups in total. The zero-order valence-corrected chi connectivity index (χ0v) is 9.08. The highest BCUT2D eigenvalue weighted by molar-refractivity contribution is 4.89.